The van der Waals surface area contributed by atoms with Crippen LogP contribution in [0, 0.1) is 5.82 Å². The van der Waals surface area contributed by atoms with Crippen molar-refractivity contribution < 1.29 is 31.7 Å². The number of hydrogen-bond acceptors (Lipinski definition) is 7. The Morgan fingerprint density at radius 1 is 1.05 bits per heavy atom. The first-order chi connectivity index (χ1) is 19.7. The Labute approximate surface area is 239 Å². The van der Waals surface area contributed by atoms with E-state index < -0.39 is 21.5 Å². The number of hydrogen-bond donors (Lipinski definition) is 1. The number of para-hydroxylation sites is 1. The van der Waals surface area contributed by atoms with Crippen molar-refractivity contribution in [2.24, 2.45) is 0 Å². The summed E-state index contributed by atoms with van der Waals surface area (Å²) in [7, 11) is -1.38. The van der Waals surface area contributed by atoms with Crippen LogP contribution in [0.5, 0.6) is 5.75 Å². The van der Waals surface area contributed by atoms with Crippen molar-refractivity contribution in [1.82, 2.24) is 9.71 Å². The third-order valence-electron chi connectivity index (χ3n) is 6.53. The number of benzene rings is 2. The van der Waals surface area contributed by atoms with Gasteiger partial charge in [0.15, 0.2) is 5.82 Å². The number of halogens is 1. The molecule has 0 bridgehead atoms. The van der Waals surface area contributed by atoms with Crippen LogP contribution in [0.1, 0.15) is 44.5 Å². The van der Waals surface area contributed by atoms with Gasteiger partial charge in [-0.1, -0.05) is 18.2 Å². The molecule has 3 aromatic heterocycles. The molecular formula is C31H31FN2O6S. The van der Waals surface area contributed by atoms with Crippen molar-refractivity contribution in [2.45, 2.75) is 52.0 Å². The second-order valence-corrected chi connectivity index (χ2v) is 12.5. The van der Waals surface area contributed by atoms with Crippen molar-refractivity contribution in [1.29, 1.82) is 0 Å². The summed E-state index contributed by atoms with van der Waals surface area (Å²) in [4.78, 5) is 16.2. The van der Waals surface area contributed by atoms with Gasteiger partial charge in [-0.3, -0.25) is 9.78 Å². The van der Waals surface area contributed by atoms with Gasteiger partial charge in [-0.25, -0.2) is 13.3 Å². The van der Waals surface area contributed by atoms with E-state index in [1.807, 2.05) is 45.0 Å². The average molecular weight is 579 g/mol. The van der Waals surface area contributed by atoms with Gasteiger partial charge in [-0.15, -0.1) is 0 Å². The largest absolute Gasteiger partial charge is 0.488 e. The first-order valence-electron chi connectivity index (χ1n) is 13.2. The van der Waals surface area contributed by atoms with Crippen molar-refractivity contribution >= 4 is 38.9 Å². The lowest BCUT2D eigenvalue weighted by atomic mass is 9.99. The smallest absolute Gasteiger partial charge is 0.310 e. The van der Waals surface area contributed by atoms with Gasteiger partial charge >= 0.3 is 5.97 Å². The number of rotatable bonds is 10. The lowest BCUT2D eigenvalue weighted by Crippen LogP contribution is -2.33. The molecule has 5 aromatic rings. The van der Waals surface area contributed by atoms with Crippen LogP contribution in [0.15, 0.2) is 70.0 Å². The molecule has 0 aliphatic heterocycles. The predicted molar refractivity (Wildman–Crippen MR) is 155 cm³/mol. The normalized spacial score (nSPS) is 12.6. The number of aromatic nitrogens is 1. The zero-order valence-corrected chi connectivity index (χ0v) is 24.1. The summed E-state index contributed by atoms with van der Waals surface area (Å²) in [5.41, 5.74) is 3.49. The van der Waals surface area contributed by atoms with Crippen LogP contribution in [0.3, 0.4) is 0 Å². The summed E-state index contributed by atoms with van der Waals surface area (Å²) >= 11 is 0. The monoisotopic (exact) mass is 578 g/mol. The third kappa shape index (κ3) is 6.03. The average Bonchev–Trinajstić information content (AvgIpc) is 3.58. The fourth-order valence-corrected chi connectivity index (χ4v) is 5.17. The van der Waals surface area contributed by atoms with Crippen LogP contribution in [0.4, 0.5) is 4.39 Å². The van der Waals surface area contributed by atoms with Crippen LogP contribution in [0.25, 0.3) is 33.1 Å². The minimum absolute atomic E-state index is 0.00308. The Kier molecular flexibility index (Phi) is 8.23. The van der Waals surface area contributed by atoms with Gasteiger partial charge in [0.1, 0.15) is 23.5 Å². The van der Waals surface area contributed by atoms with E-state index in [0.717, 1.165) is 10.9 Å². The quantitative estimate of drug-likeness (QED) is 0.186. The number of esters is 1. The Balaban J connectivity index is 1.48. The summed E-state index contributed by atoms with van der Waals surface area (Å²) in [6, 6.07) is 12.5. The minimum Gasteiger partial charge on any atom is -0.488 e. The first-order valence-corrected chi connectivity index (χ1v) is 14.4. The molecule has 0 saturated carbocycles. The first kappa shape index (κ1) is 28.5. The fraction of sp³-hybridized carbons (Fsp3) is 0.290. The standard InChI is InChI=1S/C31H31FN2O6S/c1-5-37-27(35)14-19-8-6-7-9-26(19)39-17-20-18-40-29-22-11-13-38-30(22)24(15-23(20)29)21-10-12-33-25(28(21)32)16-34-41(36)31(2,3)4/h6-13,15,18,34H,5,14,16-17H2,1-4H3. The van der Waals surface area contributed by atoms with E-state index in [0.29, 0.717) is 45.6 Å². The second-order valence-electron chi connectivity index (χ2n) is 10.4. The molecule has 0 amide bonds. The van der Waals surface area contributed by atoms with Gasteiger partial charge in [0, 0.05) is 33.8 Å². The second kappa shape index (κ2) is 11.8. The molecule has 1 atom stereocenters. The lowest BCUT2D eigenvalue weighted by molar-refractivity contribution is -0.142. The van der Waals surface area contributed by atoms with Crippen LogP contribution in [-0.2, 0) is 40.1 Å². The fourth-order valence-electron chi connectivity index (χ4n) is 4.47. The molecule has 8 nitrogen and oxygen atoms in total. The molecule has 10 heteroatoms. The highest BCUT2D eigenvalue weighted by Crippen LogP contribution is 2.39. The molecule has 0 spiro atoms. The molecule has 1 N–H and O–H groups in total. The Bertz CT molecular complexity index is 1740. The van der Waals surface area contributed by atoms with Crippen molar-refractivity contribution in [3.8, 4) is 16.9 Å². The SMILES string of the molecule is CCOC(=O)Cc1ccccc1OCc1coc2c1cc(-c1ccnc(CNS(=O)C(C)(C)C)c1F)c1occc12. The summed E-state index contributed by atoms with van der Waals surface area (Å²) in [5, 5.41) is 1.43. The number of pyridine rings is 1. The van der Waals surface area contributed by atoms with Crippen molar-refractivity contribution in [2.75, 3.05) is 6.61 Å². The van der Waals surface area contributed by atoms with E-state index in [9.17, 15) is 9.00 Å². The highest BCUT2D eigenvalue weighted by atomic mass is 32.2. The van der Waals surface area contributed by atoms with Crippen molar-refractivity contribution in [3.63, 3.8) is 0 Å². The zero-order chi connectivity index (χ0) is 29.1. The molecule has 5 rings (SSSR count). The maximum absolute atomic E-state index is 15.8. The third-order valence-corrected chi connectivity index (χ3v) is 8.05. The highest BCUT2D eigenvalue weighted by Gasteiger charge is 2.23. The van der Waals surface area contributed by atoms with Gasteiger partial charge in [0.25, 0.3) is 0 Å². The Hall–Kier alpha value is -4.02. The van der Waals surface area contributed by atoms with Crippen molar-refractivity contribution in [3.05, 3.63) is 83.8 Å². The molecule has 214 valence electrons. The predicted octanol–water partition coefficient (Wildman–Crippen LogP) is 6.62. The van der Waals surface area contributed by atoms with Gasteiger partial charge in [0.05, 0.1) is 58.9 Å². The number of carbonyl (C=O) groups is 1. The molecule has 1 unspecified atom stereocenters. The van der Waals surface area contributed by atoms with Crippen LogP contribution >= 0.6 is 0 Å². The Morgan fingerprint density at radius 2 is 1.85 bits per heavy atom. The van der Waals surface area contributed by atoms with Crippen LogP contribution in [-0.4, -0.2) is 26.5 Å². The molecule has 0 fully saturated rings. The van der Waals surface area contributed by atoms with E-state index in [1.54, 1.807) is 31.4 Å². The number of nitrogens with one attached hydrogen (secondary N) is 1. The molecular weight excluding hydrogens is 547 g/mol. The minimum atomic E-state index is -1.38. The molecule has 0 saturated heterocycles. The molecule has 0 radical (unpaired) electrons. The topological polar surface area (TPSA) is 104 Å². The highest BCUT2D eigenvalue weighted by molar-refractivity contribution is 7.84. The number of nitrogens with zero attached hydrogens (tertiary/aromatic N) is 1. The lowest BCUT2D eigenvalue weighted by Gasteiger charge is -2.18. The van der Waals surface area contributed by atoms with E-state index in [-0.39, 0.29) is 31.2 Å². The number of fused-ring (bicyclic) bond motifs is 3. The maximum atomic E-state index is 15.8. The molecule has 2 aromatic carbocycles. The number of ether oxygens (including phenoxy) is 2. The van der Waals surface area contributed by atoms with Gasteiger partial charge in [-0.2, -0.15) is 0 Å². The molecule has 0 aliphatic rings. The maximum Gasteiger partial charge on any atom is 0.310 e. The van der Waals surface area contributed by atoms with Crippen LogP contribution in [0.2, 0.25) is 0 Å². The summed E-state index contributed by atoms with van der Waals surface area (Å²) in [6.07, 6.45) is 4.76. The zero-order valence-electron chi connectivity index (χ0n) is 23.3. The van der Waals surface area contributed by atoms with E-state index in [4.69, 9.17) is 18.3 Å². The van der Waals surface area contributed by atoms with Gasteiger partial charge in [-0.05, 0) is 52.0 Å². The van der Waals surface area contributed by atoms with Gasteiger partial charge < -0.3 is 18.3 Å². The van der Waals surface area contributed by atoms with E-state index >= 15 is 4.39 Å². The summed E-state index contributed by atoms with van der Waals surface area (Å²) in [5.74, 6) is -0.301. The van der Waals surface area contributed by atoms with Gasteiger partial charge in [0.2, 0.25) is 0 Å². The number of furan rings is 2. The summed E-state index contributed by atoms with van der Waals surface area (Å²) in [6.45, 7) is 7.74. The Morgan fingerprint density at radius 3 is 2.63 bits per heavy atom. The molecule has 41 heavy (non-hydrogen) atoms. The number of carbonyl (C=O) groups excluding carboxylic acids is 1. The summed E-state index contributed by atoms with van der Waals surface area (Å²) < 4.78 is 53.5. The van der Waals surface area contributed by atoms with E-state index in [2.05, 4.69) is 9.71 Å². The molecule has 3 heterocycles. The molecule has 0 aliphatic carbocycles. The van der Waals surface area contributed by atoms with E-state index in [1.165, 1.54) is 12.5 Å². The van der Waals surface area contributed by atoms with Crippen LogP contribution < -0.4 is 9.46 Å².